The van der Waals surface area contributed by atoms with Gasteiger partial charge in [-0.05, 0) is 70.9 Å². The van der Waals surface area contributed by atoms with Crippen molar-refractivity contribution < 1.29 is 37.0 Å². The van der Waals surface area contributed by atoms with Crippen LogP contribution in [0.3, 0.4) is 0 Å². The van der Waals surface area contributed by atoms with E-state index in [1.807, 2.05) is 0 Å². The van der Waals surface area contributed by atoms with Gasteiger partial charge in [0.05, 0.1) is 11.3 Å². The number of anilines is 1. The number of amides is 1. The van der Waals surface area contributed by atoms with Crippen molar-refractivity contribution >= 4 is 17.7 Å². The maximum Gasteiger partial charge on any atom is 0.421 e. The van der Waals surface area contributed by atoms with Crippen molar-refractivity contribution in [2.45, 2.75) is 83.7 Å². The summed E-state index contributed by atoms with van der Waals surface area (Å²) < 4.78 is 59.8. The molecular weight excluding hydrogens is 432 g/mol. The lowest BCUT2D eigenvalue weighted by molar-refractivity contribution is -0.139. The zero-order chi connectivity index (χ0) is 24.3. The molecule has 180 valence electrons. The number of carbonyl (C=O) groups is 2. The van der Waals surface area contributed by atoms with E-state index in [4.69, 9.17) is 9.84 Å². The van der Waals surface area contributed by atoms with Crippen LogP contribution < -0.4 is 10.6 Å². The lowest BCUT2D eigenvalue weighted by atomic mass is 9.80. The number of carboxylic acid groups (broad SMARTS) is 1. The number of nitrogens with one attached hydrogen (secondary N) is 2. The van der Waals surface area contributed by atoms with E-state index >= 15 is 0 Å². The van der Waals surface area contributed by atoms with Crippen LogP contribution in [0.5, 0.6) is 0 Å². The molecule has 3 N–H and O–H groups in total. The summed E-state index contributed by atoms with van der Waals surface area (Å²) in [7, 11) is 0. The molecule has 0 heterocycles. The fourth-order valence-corrected chi connectivity index (χ4v) is 4.03. The molecule has 32 heavy (non-hydrogen) atoms. The highest BCUT2D eigenvalue weighted by Gasteiger charge is 2.39. The van der Waals surface area contributed by atoms with E-state index in [1.54, 1.807) is 27.7 Å². The summed E-state index contributed by atoms with van der Waals surface area (Å²) in [4.78, 5) is 23.2. The van der Waals surface area contributed by atoms with Gasteiger partial charge in [0.2, 0.25) is 0 Å². The van der Waals surface area contributed by atoms with Crippen molar-refractivity contribution in [1.82, 2.24) is 5.32 Å². The molecule has 1 aliphatic rings. The first-order chi connectivity index (χ1) is 14.7. The largest absolute Gasteiger partial charge is 0.478 e. The Bertz CT molecular complexity index is 828. The Labute approximate surface area is 184 Å². The maximum atomic E-state index is 14.2. The van der Waals surface area contributed by atoms with Crippen LogP contribution in [0.15, 0.2) is 12.1 Å². The molecule has 1 saturated carbocycles. The first-order valence-electron chi connectivity index (χ1n) is 10.6. The Hall–Kier alpha value is -2.52. The van der Waals surface area contributed by atoms with Crippen LogP contribution in [0.1, 0.15) is 75.7 Å². The zero-order valence-corrected chi connectivity index (χ0v) is 18.6. The molecule has 0 spiro atoms. The number of aromatic carboxylic acids is 1. The van der Waals surface area contributed by atoms with E-state index in [0.717, 1.165) is 6.07 Å². The first-order valence-corrected chi connectivity index (χ1v) is 10.6. The van der Waals surface area contributed by atoms with Crippen molar-refractivity contribution in [3.05, 3.63) is 29.1 Å². The number of carbonyl (C=O) groups excluding carboxylic acids is 1. The predicted molar refractivity (Wildman–Crippen MR) is 111 cm³/mol. The highest BCUT2D eigenvalue weighted by atomic mass is 19.4. The molecule has 1 amide bonds. The van der Waals surface area contributed by atoms with E-state index in [-0.39, 0.29) is 12.0 Å². The molecule has 0 aliphatic heterocycles. The third-order valence-corrected chi connectivity index (χ3v) is 5.46. The first kappa shape index (κ1) is 25.7. The Morgan fingerprint density at radius 2 is 1.75 bits per heavy atom. The Balaban J connectivity index is 2.12. The third-order valence-electron chi connectivity index (χ3n) is 5.46. The SMILES string of the molecule is CC[C@H](Nc1cc(C(=O)O)cc(F)c1C(F)(F)F)C1CCC(NC(=O)OC(C)(C)C)CC1. The molecule has 1 aromatic rings. The molecule has 10 heteroatoms. The quantitative estimate of drug-likeness (QED) is 0.464. The van der Waals surface area contributed by atoms with Gasteiger partial charge in [0, 0.05) is 12.1 Å². The van der Waals surface area contributed by atoms with Crippen LogP contribution in [0, 0.1) is 11.7 Å². The Morgan fingerprint density at radius 1 is 1.16 bits per heavy atom. The molecule has 0 radical (unpaired) electrons. The minimum absolute atomic E-state index is 0.0192. The van der Waals surface area contributed by atoms with Crippen molar-refractivity contribution in [1.29, 1.82) is 0 Å². The van der Waals surface area contributed by atoms with Crippen LogP contribution in [0.2, 0.25) is 0 Å². The van der Waals surface area contributed by atoms with Crippen LogP contribution in [-0.4, -0.2) is 34.9 Å². The number of benzene rings is 1. The molecule has 6 nitrogen and oxygen atoms in total. The van der Waals surface area contributed by atoms with Gasteiger partial charge in [-0.15, -0.1) is 0 Å². The zero-order valence-electron chi connectivity index (χ0n) is 18.6. The molecule has 1 aromatic carbocycles. The van der Waals surface area contributed by atoms with Crippen molar-refractivity contribution in [3.8, 4) is 0 Å². The third kappa shape index (κ3) is 7.00. The van der Waals surface area contributed by atoms with Crippen LogP contribution >= 0.6 is 0 Å². The summed E-state index contributed by atoms with van der Waals surface area (Å²) in [6.07, 6.45) is -2.51. The van der Waals surface area contributed by atoms with Crippen LogP contribution in [0.25, 0.3) is 0 Å². The van der Waals surface area contributed by atoms with Gasteiger partial charge >= 0.3 is 18.2 Å². The molecule has 2 rings (SSSR count). The van der Waals surface area contributed by atoms with Gasteiger partial charge in [-0.25, -0.2) is 14.0 Å². The molecule has 0 aromatic heterocycles. The minimum atomic E-state index is -4.98. The molecule has 0 bridgehead atoms. The van der Waals surface area contributed by atoms with E-state index in [9.17, 15) is 27.2 Å². The average Bonchev–Trinajstić information content (AvgIpc) is 2.63. The fraction of sp³-hybridized carbons (Fsp3) is 0.636. The number of hydrogen-bond donors (Lipinski definition) is 3. The normalized spacial score (nSPS) is 20.4. The minimum Gasteiger partial charge on any atom is -0.478 e. The summed E-state index contributed by atoms with van der Waals surface area (Å²) in [5.41, 5.74) is -3.25. The molecule has 1 atom stereocenters. The van der Waals surface area contributed by atoms with Gasteiger partial charge in [-0.2, -0.15) is 13.2 Å². The number of carboxylic acids is 1. The van der Waals surface area contributed by atoms with Gasteiger partial charge in [0.25, 0.3) is 0 Å². The standard InChI is InChI=1S/C22H30F4N2O4/c1-5-16(12-6-8-14(9-7-12)27-20(31)32-21(2,3)4)28-17-11-13(19(29)30)10-15(23)18(17)22(24,25)26/h10-12,14,16,28H,5-9H2,1-4H3,(H,27,31)(H,29,30)/t12?,14?,16-/m0/s1. The van der Waals surface area contributed by atoms with Gasteiger partial charge in [-0.3, -0.25) is 0 Å². The molecule has 1 aliphatic carbocycles. The summed E-state index contributed by atoms with van der Waals surface area (Å²) in [5.74, 6) is -3.16. The summed E-state index contributed by atoms with van der Waals surface area (Å²) >= 11 is 0. The second-order valence-corrected chi connectivity index (χ2v) is 9.10. The van der Waals surface area contributed by atoms with Gasteiger partial charge in [0.1, 0.15) is 17.0 Å². The Kier molecular flexibility index (Phi) is 8.01. The summed E-state index contributed by atoms with van der Waals surface area (Å²) in [5, 5.41) is 14.7. The number of ether oxygens (including phenoxy) is 1. The van der Waals surface area contributed by atoms with Crippen molar-refractivity contribution in [2.24, 2.45) is 5.92 Å². The smallest absolute Gasteiger partial charge is 0.421 e. The van der Waals surface area contributed by atoms with E-state index in [1.165, 1.54) is 0 Å². The number of alkyl carbamates (subject to hydrolysis) is 1. The number of halogens is 4. The van der Waals surface area contributed by atoms with Gasteiger partial charge in [-0.1, -0.05) is 6.92 Å². The topological polar surface area (TPSA) is 87.7 Å². The average molecular weight is 462 g/mol. The lowest BCUT2D eigenvalue weighted by Gasteiger charge is -2.35. The van der Waals surface area contributed by atoms with Crippen molar-refractivity contribution in [3.63, 3.8) is 0 Å². The number of hydrogen-bond acceptors (Lipinski definition) is 4. The lowest BCUT2D eigenvalue weighted by Crippen LogP contribution is -2.42. The van der Waals surface area contributed by atoms with Crippen LogP contribution in [0.4, 0.5) is 28.0 Å². The predicted octanol–water partition coefficient (Wildman–Crippen LogP) is 5.82. The summed E-state index contributed by atoms with van der Waals surface area (Å²) in [6.45, 7) is 7.09. The highest BCUT2D eigenvalue weighted by Crippen LogP contribution is 2.39. The molecular formula is C22H30F4N2O4. The van der Waals surface area contributed by atoms with E-state index in [2.05, 4.69) is 10.6 Å². The summed E-state index contributed by atoms with van der Waals surface area (Å²) in [6, 6.07) is 0.691. The fourth-order valence-electron chi connectivity index (χ4n) is 4.03. The second-order valence-electron chi connectivity index (χ2n) is 9.10. The monoisotopic (exact) mass is 462 g/mol. The van der Waals surface area contributed by atoms with Gasteiger partial charge in [0.15, 0.2) is 0 Å². The Morgan fingerprint density at radius 3 is 2.22 bits per heavy atom. The molecule has 1 fully saturated rings. The van der Waals surface area contributed by atoms with Gasteiger partial charge < -0.3 is 20.5 Å². The molecule has 0 saturated heterocycles. The van der Waals surface area contributed by atoms with Crippen LogP contribution in [-0.2, 0) is 10.9 Å². The number of alkyl halides is 3. The van der Waals surface area contributed by atoms with E-state index in [0.29, 0.717) is 38.2 Å². The van der Waals surface area contributed by atoms with Crippen molar-refractivity contribution in [2.75, 3.05) is 5.32 Å². The number of rotatable bonds is 6. The van der Waals surface area contributed by atoms with E-state index < -0.39 is 52.5 Å². The highest BCUT2D eigenvalue weighted by molar-refractivity contribution is 5.89. The maximum absolute atomic E-state index is 14.2. The molecule has 0 unspecified atom stereocenters. The second kappa shape index (κ2) is 9.95.